The number of carbonyl (C=O) groups excluding carboxylic acids is 6. The number of amides is 6. The molecule has 0 spiro atoms. The molecule has 97 heavy (non-hydrogen) atoms. The molecule has 5 aliphatic rings. The number of hydrogen-bond donors (Lipinski definition) is 4. The summed E-state index contributed by atoms with van der Waals surface area (Å²) < 4.78 is 112. The Balaban J connectivity index is 0.698. The zero-order valence-electron chi connectivity index (χ0n) is 54.6. The number of alkyl halides is 3. The quantitative estimate of drug-likeness (QED) is 0.0217. The summed E-state index contributed by atoms with van der Waals surface area (Å²) in [5.41, 5.74) is -1.54. The van der Waals surface area contributed by atoms with E-state index in [4.69, 9.17) is 21.1 Å². The van der Waals surface area contributed by atoms with Crippen molar-refractivity contribution in [3.05, 3.63) is 148 Å². The lowest BCUT2D eigenvalue weighted by Crippen LogP contribution is -2.54. The molecular formula is C69H81ClF3N9O12S3. The Bertz CT molecular complexity index is 4000. The molecule has 5 aromatic carbocycles. The monoisotopic (exact) mass is 1420 g/mol. The first-order chi connectivity index (χ1) is 46.0. The van der Waals surface area contributed by atoms with Gasteiger partial charge in [-0.05, 0) is 141 Å². The Morgan fingerprint density at radius 3 is 2.18 bits per heavy atom. The minimum atomic E-state index is -6.18. The minimum absolute atomic E-state index is 0.00631. The molecular weight excluding hydrogens is 1340 g/mol. The fraction of sp³-hybridized carbons (Fsp3) is 0.449. The number of rotatable bonds is 27. The highest BCUT2D eigenvalue weighted by atomic mass is 35.5. The summed E-state index contributed by atoms with van der Waals surface area (Å²) in [4.78, 5) is 86.0. The van der Waals surface area contributed by atoms with Gasteiger partial charge in [0.15, 0.2) is 0 Å². The molecule has 4 heterocycles. The topological polar surface area (TPSA) is 253 Å². The minimum Gasteiger partial charge on any atom is -0.382 e. The largest absolute Gasteiger partial charge is 0.501 e. The Morgan fingerprint density at radius 1 is 0.784 bits per heavy atom. The van der Waals surface area contributed by atoms with E-state index in [1.165, 1.54) is 46.7 Å². The number of imide groups is 2. The van der Waals surface area contributed by atoms with Crippen LogP contribution in [-0.4, -0.2) is 193 Å². The van der Waals surface area contributed by atoms with Gasteiger partial charge in [0, 0.05) is 117 Å². The average molecular weight is 1420 g/mol. The number of halogens is 4. The van der Waals surface area contributed by atoms with E-state index < -0.39 is 88.1 Å². The predicted octanol–water partition coefficient (Wildman–Crippen LogP) is 9.36. The highest BCUT2D eigenvalue weighted by molar-refractivity contribution is 7.99. The molecule has 21 nitrogen and oxygen atoms in total. The van der Waals surface area contributed by atoms with Crippen LogP contribution in [-0.2, 0) is 43.7 Å². The van der Waals surface area contributed by atoms with Crippen LogP contribution in [0.25, 0.3) is 5.57 Å². The molecule has 5 aromatic rings. The SMILES string of the molecule is CC1(C)CCC(c2ccc(Cl)cc2)=C(CN2CCN(c3ccc(C(=O)NS(=O)(=O)c4ccc(N[C@H](CCN5CCN(C(=O)CC(C)(C)OCCOCCNc6cccc7c6C(=O)N(C6CCC(=O)NC6=O)C7=O)CC5)CSc5ccccc5)c(S(=O)(=O)C(F)(F)F)c4)cc3)CC2)C1. The standard InChI is InChI=1S/C69H81ClF3N9O12S3/c1-67(2)27-25-54(46-13-17-49(70)18-14-46)48(42-67)44-79-32-34-80(35-33-79)51-19-15-47(16-20-51)63(85)77-97(91,92)53-21-22-56(59(41-53)96(89,90)69(71,72)73)75-50(45-95-52-9-6-5-7-10-52)26-29-78-30-36-81(37-31-78)61(84)43-68(3,4)94-40-39-93-38-28-74-57-12-8-11-55-62(57)66(88)82(65(55)87)58-23-24-60(83)76-64(58)86/h5-22,41,50,58,74-75H,23-40,42-45H2,1-4H3,(H,77,85)(H,76,83,86)/t50-,58?/m1/s1. The van der Waals surface area contributed by atoms with Gasteiger partial charge in [0.05, 0.1) is 53.6 Å². The molecule has 4 aliphatic heterocycles. The molecule has 1 unspecified atom stereocenters. The number of carbonyl (C=O) groups is 6. The first-order valence-corrected chi connectivity index (χ1v) is 36.7. The molecule has 4 N–H and O–H groups in total. The maximum Gasteiger partial charge on any atom is 0.501 e. The van der Waals surface area contributed by atoms with Crippen LogP contribution < -0.4 is 25.6 Å². The van der Waals surface area contributed by atoms with Crippen LogP contribution >= 0.6 is 23.4 Å². The van der Waals surface area contributed by atoms with Crippen molar-refractivity contribution < 1.29 is 68.2 Å². The zero-order valence-corrected chi connectivity index (χ0v) is 57.8. The second-order valence-corrected chi connectivity index (χ2v) is 31.4. The highest BCUT2D eigenvalue weighted by Crippen LogP contribution is 2.43. The van der Waals surface area contributed by atoms with Crippen molar-refractivity contribution in [1.29, 1.82) is 0 Å². The second-order valence-electron chi connectivity index (χ2n) is 26.3. The third-order valence-corrected chi connectivity index (χ3v) is 22.4. The number of nitrogens with zero attached hydrogens (tertiary/aromatic N) is 5. The van der Waals surface area contributed by atoms with Crippen LogP contribution in [0, 0.1) is 5.41 Å². The summed E-state index contributed by atoms with van der Waals surface area (Å²) in [7, 11) is -11.1. The summed E-state index contributed by atoms with van der Waals surface area (Å²) in [6.07, 6.45) is 3.49. The molecule has 3 fully saturated rings. The number of benzene rings is 5. The number of anilines is 3. The fourth-order valence-corrected chi connectivity index (χ4v) is 16.0. The molecule has 2 atom stereocenters. The van der Waals surface area contributed by atoms with Crippen molar-refractivity contribution in [2.24, 2.45) is 5.41 Å². The van der Waals surface area contributed by atoms with Crippen molar-refractivity contribution in [1.82, 2.24) is 29.6 Å². The number of thioether (sulfide) groups is 1. The summed E-state index contributed by atoms with van der Waals surface area (Å²) in [5, 5.41) is 9.02. The Morgan fingerprint density at radius 2 is 1.48 bits per heavy atom. The molecule has 1 aliphatic carbocycles. The third-order valence-electron chi connectivity index (χ3n) is 18.1. The van der Waals surface area contributed by atoms with Crippen LogP contribution in [0.1, 0.15) is 109 Å². The van der Waals surface area contributed by atoms with Gasteiger partial charge < -0.3 is 29.9 Å². The van der Waals surface area contributed by atoms with E-state index in [1.807, 2.05) is 47.2 Å². The van der Waals surface area contributed by atoms with Crippen molar-refractivity contribution in [2.75, 3.05) is 113 Å². The van der Waals surface area contributed by atoms with Gasteiger partial charge in [-0.25, -0.2) is 21.6 Å². The van der Waals surface area contributed by atoms with Gasteiger partial charge in [0.1, 0.15) is 10.9 Å². The van der Waals surface area contributed by atoms with Crippen LogP contribution in [0.4, 0.5) is 30.2 Å². The number of sulfone groups is 1. The number of piperidine rings is 1. The Kier molecular flexibility index (Phi) is 23.0. The van der Waals surface area contributed by atoms with Crippen LogP contribution in [0.5, 0.6) is 0 Å². The van der Waals surface area contributed by atoms with E-state index in [2.05, 4.69) is 56.6 Å². The van der Waals surface area contributed by atoms with E-state index in [0.717, 1.165) is 66.5 Å². The van der Waals surface area contributed by atoms with E-state index in [-0.39, 0.29) is 79.4 Å². The van der Waals surface area contributed by atoms with Gasteiger partial charge in [0.2, 0.25) is 17.7 Å². The maximum atomic E-state index is 14.6. The number of piperazine rings is 2. The number of sulfonamides is 1. The molecule has 520 valence electrons. The lowest BCUT2D eigenvalue weighted by Gasteiger charge is -2.39. The molecule has 6 amide bonds. The number of nitrogens with one attached hydrogen (secondary N) is 4. The summed E-state index contributed by atoms with van der Waals surface area (Å²) in [6, 6.07) is 28.9. The predicted molar refractivity (Wildman–Crippen MR) is 365 cm³/mol. The summed E-state index contributed by atoms with van der Waals surface area (Å²) >= 11 is 7.61. The first kappa shape index (κ1) is 72.4. The van der Waals surface area contributed by atoms with Gasteiger partial charge in [-0.15, -0.1) is 11.8 Å². The number of hydrogen-bond acceptors (Lipinski definition) is 18. The maximum absolute atomic E-state index is 14.6. The van der Waals surface area contributed by atoms with Gasteiger partial charge in [-0.2, -0.15) is 13.2 Å². The molecule has 10 rings (SSSR count). The molecule has 0 aromatic heterocycles. The smallest absolute Gasteiger partial charge is 0.382 e. The third kappa shape index (κ3) is 18.1. The van der Waals surface area contributed by atoms with Crippen molar-refractivity contribution >= 4 is 101 Å². The van der Waals surface area contributed by atoms with Crippen molar-refractivity contribution in [3.8, 4) is 0 Å². The van der Waals surface area contributed by atoms with Crippen LogP contribution in [0.3, 0.4) is 0 Å². The van der Waals surface area contributed by atoms with Gasteiger partial charge in [0.25, 0.3) is 37.6 Å². The van der Waals surface area contributed by atoms with Gasteiger partial charge in [-0.3, -0.25) is 48.8 Å². The second kappa shape index (κ2) is 30.8. The lowest BCUT2D eigenvalue weighted by atomic mass is 9.73. The Labute approximate surface area is 573 Å². The normalized spacial score (nSPS) is 18.6. The van der Waals surface area contributed by atoms with Crippen molar-refractivity contribution in [3.63, 3.8) is 0 Å². The molecule has 0 bridgehead atoms. The first-order valence-electron chi connectivity index (χ1n) is 32.4. The number of allylic oxidation sites excluding steroid dienone is 1. The van der Waals surface area contributed by atoms with E-state index in [0.29, 0.717) is 69.0 Å². The molecule has 28 heteroatoms. The fourth-order valence-electron chi connectivity index (χ4n) is 12.8. The Hall–Kier alpha value is -7.37. The van der Waals surface area contributed by atoms with Crippen molar-refractivity contribution in [2.45, 2.75) is 111 Å². The molecule has 0 saturated carbocycles. The van der Waals surface area contributed by atoms with Gasteiger partial charge >= 0.3 is 5.51 Å². The van der Waals surface area contributed by atoms with E-state index in [9.17, 15) is 58.8 Å². The lowest BCUT2D eigenvalue weighted by molar-refractivity contribution is -0.140. The van der Waals surface area contributed by atoms with E-state index in [1.54, 1.807) is 43.0 Å². The number of fused-ring (bicyclic) bond motifs is 1. The molecule has 0 radical (unpaired) electrons. The van der Waals surface area contributed by atoms with E-state index >= 15 is 0 Å². The van der Waals surface area contributed by atoms with Crippen LogP contribution in [0.2, 0.25) is 5.02 Å². The molecule has 3 saturated heterocycles. The summed E-state index contributed by atoms with van der Waals surface area (Å²) in [6.45, 7) is 14.9. The van der Waals surface area contributed by atoms with Gasteiger partial charge in [-0.1, -0.05) is 67.4 Å². The number of ether oxygens (including phenoxy) is 2. The zero-order chi connectivity index (χ0) is 69.5. The van der Waals surface area contributed by atoms with Crippen LogP contribution in [0.15, 0.2) is 136 Å². The summed E-state index contributed by atoms with van der Waals surface area (Å²) in [5.74, 6) is -3.35. The average Bonchev–Trinajstić information content (AvgIpc) is 1.68. The highest BCUT2D eigenvalue weighted by Gasteiger charge is 2.49.